The first-order chi connectivity index (χ1) is 9.01. The Hall–Kier alpha value is -0.870. The highest BCUT2D eigenvalue weighted by atomic mass is 32.2. The van der Waals surface area contributed by atoms with Gasteiger partial charge in [0.2, 0.25) is 0 Å². The Labute approximate surface area is 116 Å². The molecular formula is C15H23NO2S. The first kappa shape index (κ1) is 14.5. The lowest BCUT2D eigenvalue weighted by Crippen LogP contribution is -2.33. The number of aryl methyl sites for hydroxylation is 1. The van der Waals surface area contributed by atoms with Crippen molar-refractivity contribution in [1.82, 2.24) is 5.32 Å². The molecule has 0 heterocycles. The van der Waals surface area contributed by atoms with Crippen LogP contribution in [0.5, 0.6) is 0 Å². The van der Waals surface area contributed by atoms with Gasteiger partial charge in [0.25, 0.3) is 0 Å². The van der Waals surface area contributed by atoms with E-state index in [-0.39, 0.29) is 0 Å². The van der Waals surface area contributed by atoms with Gasteiger partial charge in [0.15, 0.2) is 0 Å². The summed E-state index contributed by atoms with van der Waals surface area (Å²) in [5.41, 5.74) is 2.76. The van der Waals surface area contributed by atoms with Crippen LogP contribution in [0, 0.1) is 5.92 Å². The molecule has 0 spiro atoms. The van der Waals surface area contributed by atoms with Crippen LogP contribution < -0.4 is 5.32 Å². The number of hydrogen-bond acceptors (Lipinski definition) is 3. The summed E-state index contributed by atoms with van der Waals surface area (Å²) in [6.45, 7) is 3.01. The summed E-state index contributed by atoms with van der Waals surface area (Å²) < 4.78 is 22.7. The van der Waals surface area contributed by atoms with E-state index in [1.54, 1.807) is 0 Å². The van der Waals surface area contributed by atoms with Gasteiger partial charge in [0.1, 0.15) is 9.84 Å². The molecule has 0 fully saturated rings. The van der Waals surface area contributed by atoms with Crippen molar-refractivity contribution in [2.24, 2.45) is 5.92 Å². The lowest BCUT2D eigenvalue weighted by Gasteiger charge is -2.34. The Morgan fingerprint density at radius 3 is 2.74 bits per heavy atom. The summed E-state index contributed by atoms with van der Waals surface area (Å²) in [5.74, 6) is 0.714. The van der Waals surface area contributed by atoms with E-state index in [0.29, 0.717) is 17.7 Å². The number of sulfone groups is 1. The van der Waals surface area contributed by atoms with Crippen molar-refractivity contribution in [1.29, 1.82) is 0 Å². The quantitative estimate of drug-likeness (QED) is 0.901. The highest BCUT2D eigenvalue weighted by Gasteiger charge is 2.29. The Kier molecular flexibility index (Phi) is 4.63. The van der Waals surface area contributed by atoms with E-state index in [4.69, 9.17) is 0 Å². The molecule has 1 aliphatic carbocycles. The third-order valence-electron chi connectivity index (χ3n) is 3.93. The van der Waals surface area contributed by atoms with E-state index in [9.17, 15) is 8.42 Å². The predicted octanol–water partition coefficient (Wildman–Crippen LogP) is 2.33. The van der Waals surface area contributed by atoms with Crippen LogP contribution in [0.1, 0.15) is 36.9 Å². The Morgan fingerprint density at radius 2 is 2.05 bits per heavy atom. The zero-order valence-corrected chi connectivity index (χ0v) is 12.5. The van der Waals surface area contributed by atoms with Crippen molar-refractivity contribution in [3.8, 4) is 0 Å². The smallest absolute Gasteiger partial charge is 0.147 e. The van der Waals surface area contributed by atoms with Gasteiger partial charge in [-0.2, -0.15) is 0 Å². The largest absolute Gasteiger partial charge is 0.310 e. The fourth-order valence-corrected chi connectivity index (χ4v) is 3.73. The first-order valence-electron chi connectivity index (χ1n) is 7.00. The van der Waals surface area contributed by atoms with Crippen molar-refractivity contribution in [3.05, 3.63) is 35.4 Å². The van der Waals surface area contributed by atoms with Gasteiger partial charge < -0.3 is 5.32 Å². The van der Waals surface area contributed by atoms with E-state index in [2.05, 4.69) is 36.5 Å². The van der Waals surface area contributed by atoms with Crippen molar-refractivity contribution in [2.45, 2.75) is 32.2 Å². The molecular weight excluding hydrogens is 258 g/mol. The normalized spacial score (nSPS) is 23.1. The van der Waals surface area contributed by atoms with E-state index in [1.807, 2.05) is 0 Å². The molecule has 0 radical (unpaired) electrons. The second-order valence-electron chi connectivity index (χ2n) is 5.45. The minimum Gasteiger partial charge on any atom is -0.310 e. The van der Waals surface area contributed by atoms with Crippen LogP contribution >= 0.6 is 0 Å². The minimum absolute atomic E-state index is 0.293. The maximum Gasteiger partial charge on any atom is 0.147 e. The van der Waals surface area contributed by atoms with Crippen molar-refractivity contribution in [3.63, 3.8) is 0 Å². The standard InChI is InChI=1S/C15H23NO2S/c1-3-16-15-13(10-11-19(2,17)18)9-8-12-6-4-5-7-14(12)15/h4-7,13,15-16H,3,8-11H2,1-2H3. The average molecular weight is 281 g/mol. The van der Waals surface area contributed by atoms with Crippen LogP contribution in [-0.4, -0.2) is 27.0 Å². The molecule has 3 nitrogen and oxygen atoms in total. The van der Waals surface area contributed by atoms with Crippen LogP contribution in [0.4, 0.5) is 0 Å². The summed E-state index contributed by atoms with van der Waals surface area (Å²) in [4.78, 5) is 0. The molecule has 19 heavy (non-hydrogen) atoms. The molecule has 1 aromatic carbocycles. The number of nitrogens with one attached hydrogen (secondary N) is 1. The molecule has 0 bridgehead atoms. The summed E-state index contributed by atoms with van der Waals surface area (Å²) in [7, 11) is -2.87. The summed E-state index contributed by atoms with van der Waals surface area (Å²) in [6.07, 6.45) is 4.22. The fourth-order valence-electron chi connectivity index (χ4n) is 3.00. The van der Waals surface area contributed by atoms with E-state index in [1.165, 1.54) is 17.4 Å². The van der Waals surface area contributed by atoms with Crippen LogP contribution in [0.15, 0.2) is 24.3 Å². The Morgan fingerprint density at radius 1 is 1.32 bits per heavy atom. The number of rotatable bonds is 5. The molecule has 0 aromatic heterocycles. The topological polar surface area (TPSA) is 46.2 Å². The maximum atomic E-state index is 11.4. The zero-order valence-electron chi connectivity index (χ0n) is 11.7. The monoisotopic (exact) mass is 281 g/mol. The third kappa shape index (κ3) is 3.80. The highest BCUT2D eigenvalue weighted by Crippen LogP contribution is 2.36. The van der Waals surface area contributed by atoms with Crippen molar-refractivity contribution < 1.29 is 8.42 Å². The lowest BCUT2D eigenvalue weighted by molar-refractivity contribution is 0.317. The molecule has 1 N–H and O–H groups in total. The van der Waals surface area contributed by atoms with E-state index >= 15 is 0 Å². The summed E-state index contributed by atoms with van der Waals surface area (Å²) in [5, 5.41) is 3.53. The second-order valence-corrected chi connectivity index (χ2v) is 7.71. The predicted molar refractivity (Wildman–Crippen MR) is 79.0 cm³/mol. The summed E-state index contributed by atoms with van der Waals surface area (Å²) >= 11 is 0. The molecule has 2 rings (SSSR count). The van der Waals surface area contributed by atoms with Crippen LogP contribution in [0.25, 0.3) is 0 Å². The Bertz CT molecular complexity index is 525. The van der Waals surface area contributed by atoms with Gasteiger partial charge in [0.05, 0.1) is 5.75 Å². The summed E-state index contributed by atoms with van der Waals surface area (Å²) in [6, 6.07) is 8.82. The van der Waals surface area contributed by atoms with Gasteiger partial charge in [-0.3, -0.25) is 0 Å². The van der Waals surface area contributed by atoms with Gasteiger partial charge in [-0.05, 0) is 42.9 Å². The zero-order chi connectivity index (χ0) is 13.9. The molecule has 0 aliphatic heterocycles. The van der Waals surface area contributed by atoms with E-state index in [0.717, 1.165) is 25.8 Å². The van der Waals surface area contributed by atoms with Crippen LogP contribution in [0.2, 0.25) is 0 Å². The van der Waals surface area contributed by atoms with E-state index < -0.39 is 9.84 Å². The molecule has 1 aromatic rings. The minimum atomic E-state index is -2.87. The highest BCUT2D eigenvalue weighted by molar-refractivity contribution is 7.90. The Balaban J connectivity index is 2.17. The van der Waals surface area contributed by atoms with Gasteiger partial charge in [-0.1, -0.05) is 31.2 Å². The van der Waals surface area contributed by atoms with Crippen molar-refractivity contribution in [2.75, 3.05) is 18.6 Å². The molecule has 4 heteroatoms. The van der Waals surface area contributed by atoms with Gasteiger partial charge in [0, 0.05) is 12.3 Å². The maximum absolute atomic E-state index is 11.4. The van der Waals surface area contributed by atoms with Gasteiger partial charge in [-0.25, -0.2) is 8.42 Å². The molecule has 1 aliphatic rings. The molecule has 0 amide bonds. The van der Waals surface area contributed by atoms with Crippen molar-refractivity contribution >= 4 is 9.84 Å². The molecule has 2 unspecified atom stereocenters. The average Bonchev–Trinajstić information content (AvgIpc) is 2.37. The molecule has 0 saturated heterocycles. The molecule has 2 atom stereocenters. The third-order valence-corrected chi connectivity index (χ3v) is 4.91. The van der Waals surface area contributed by atoms with Crippen LogP contribution in [-0.2, 0) is 16.3 Å². The SMILES string of the molecule is CCNC1c2ccccc2CCC1CCS(C)(=O)=O. The van der Waals surface area contributed by atoms with Crippen LogP contribution in [0.3, 0.4) is 0 Å². The first-order valence-corrected chi connectivity index (χ1v) is 9.06. The fraction of sp³-hybridized carbons (Fsp3) is 0.600. The molecule has 0 saturated carbocycles. The van der Waals surface area contributed by atoms with Gasteiger partial charge >= 0.3 is 0 Å². The number of hydrogen-bond donors (Lipinski definition) is 1. The number of fused-ring (bicyclic) bond motifs is 1. The number of benzene rings is 1. The second kappa shape index (κ2) is 6.06. The van der Waals surface area contributed by atoms with Gasteiger partial charge in [-0.15, -0.1) is 0 Å². The molecule has 106 valence electrons. The lowest BCUT2D eigenvalue weighted by atomic mass is 9.78.